The molecule has 0 bridgehead atoms. The van der Waals surface area contributed by atoms with Gasteiger partial charge in [0.15, 0.2) is 0 Å². The van der Waals surface area contributed by atoms with Crippen LogP contribution in [0.5, 0.6) is 5.75 Å². The molecule has 1 nitrogen and oxygen atoms in total. The normalized spacial score (nSPS) is 10.8. The van der Waals surface area contributed by atoms with Crippen molar-refractivity contribution in [2.45, 2.75) is 33.6 Å². The van der Waals surface area contributed by atoms with Gasteiger partial charge >= 0.3 is 0 Å². The fraction of sp³-hybridized carbons (Fsp3) is 0.294. The summed E-state index contributed by atoms with van der Waals surface area (Å²) in [5, 5.41) is 9.99. The minimum atomic E-state index is 0.291. The van der Waals surface area contributed by atoms with Gasteiger partial charge in [-0.15, -0.1) is 0 Å². The topological polar surface area (TPSA) is 20.2 Å². The van der Waals surface area contributed by atoms with Crippen molar-refractivity contribution >= 4 is 17.2 Å². The van der Waals surface area contributed by atoms with E-state index in [-0.39, 0.29) is 0 Å². The second-order valence-corrected chi connectivity index (χ2v) is 4.55. The van der Waals surface area contributed by atoms with E-state index in [1.165, 1.54) is 0 Å². The summed E-state index contributed by atoms with van der Waals surface area (Å²) in [5.74, 6) is 0.291. The van der Waals surface area contributed by atoms with Crippen LogP contribution in [0.3, 0.4) is 0 Å². The molecule has 1 rings (SSSR count). The quantitative estimate of drug-likeness (QED) is 0.745. The van der Waals surface area contributed by atoms with Crippen LogP contribution in [0.15, 0.2) is 31.4 Å². The van der Waals surface area contributed by atoms with Crippen molar-refractivity contribution in [1.29, 1.82) is 0 Å². The smallest absolute Gasteiger partial charge is 0.123 e. The Morgan fingerprint density at radius 2 is 2.00 bits per heavy atom. The maximum Gasteiger partial charge on any atom is 0.123 e. The number of phenolic OH excluding ortho intramolecular Hbond substituents is 1. The van der Waals surface area contributed by atoms with Crippen molar-refractivity contribution in [3.05, 3.63) is 48.1 Å². The summed E-state index contributed by atoms with van der Waals surface area (Å²) in [6, 6.07) is 3.67. The SMILES string of the molecule is C=C(CCC)c1ccc(O)c(/C=C\C)c1C(=C)C. The summed E-state index contributed by atoms with van der Waals surface area (Å²) in [6.45, 7) is 14.2. The van der Waals surface area contributed by atoms with Crippen LogP contribution in [0.1, 0.15) is 50.3 Å². The van der Waals surface area contributed by atoms with Crippen molar-refractivity contribution in [1.82, 2.24) is 0 Å². The number of hydrogen-bond donors (Lipinski definition) is 1. The average molecular weight is 242 g/mol. The zero-order valence-corrected chi connectivity index (χ0v) is 11.6. The first kappa shape index (κ1) is 14.3. The lowest BCUT2D eigenvalue weighted by atomic mass is 9.89. The molecule has 96 valence electrons. The Labute approximate surface area is 110 Å². The van der Waals surface area contributed by atoms with Crippen molar-refractivity contribution in [3.63, 3.8) is 0 Å². The Morgan fingerprint density at radius 3 is 2.50 bits per heavy atom. The van der Waals surface area contributed by atoms with Gasteiger partial charge in [0.2, 0.25) is 0 Å². The number of benzene rings is 1. The van der Waals surface area contributed by atoms with Gasteiger partial charge in [0.25, 0.3) is 0 Å². The molecule has 0 amide bonds. The van der Waals surface area contributed by atoms with E-state index in [1.807, 2.05) is 32.1 Å². The minimum Gasteiger partial charge on any atom is -0.507 e. The predicted molar refractivity (Wildman–Crippen MR) is 81.5 cm³/mol. The third-order valence-electron chi connectivity index (χ3n) is 2.92. The molecule has 0 atom stereocenters. The Hall–Kier alpha value is -1.76. The maximum absolute atomic E-state index is 9.99. The number of aromatic hydroxyl groups is 1. The van der Waals surface area contributed by atoms with Gasteiger partial charge in [0.1, 0.15) is 5.75 Å². The van der Waals surface area contributed by atoms with Gasteiger partial charge in [-0.3, -0.25) is 0 Å². The molecule has 1 heteroatoms. The molecule has 0 spiro atoms. The molecule has 0 aliphatic carbocycles. The molecule has 0 saturated heterocycles. The first-order valence-electron chi connectivity index (χ1n) is 6.35. The summed E-state index contributed by atoms with van der Waals surface area (Å²) in [6.07, 6.45) is 5.87. The highest BCUT2D eigenvalue weighted by Crippen LogP contribution is 2.35. The second-order valence-electron chi connectivity index (χ2n) is 4.55. The van der Waals surface area contributed by atoms with Crippen LogP contribution in [-0.2, 0) is 0 Å². The summed E-state index contributed by atoms with van der Waals surface area (Å²) in [4.78, 5) is 0. The fourth-order valence-electron chi connectivity index (χ4n) is 2.13. The molecule has 1 aromatic rings. The van der Waals surface area contributed by atoms with E-state index in [4.69, 9.17) is 0 Å². The minimum absolute atomic E-state index is 0.291. The van der Waals surface area contributed by atoms with Gasteiger partial charge in [0.05, 0.1) is 0 Å². The Bertz CT molecular complexity index is 493. The molecule has 0 unspecified atom stereocenters. The predicted octanol–water partition coefficient (Wildman–Crippen LogP) is 5.27. The highest BCUT2D eigenvalue weighted by Gasteiger charge is 2.13. The highest BCUT2D eigenvalue weighted by atomic mass is 16.3. The zero-order valence-electron chi connectivity index (χ0n) is 11.6. The highest BCUT2D eigenvalue weighted by molar-refractivity contribution is 5.84. The Kier molecular flexibility index (Phi) is 4.96. The van der Waals surface area contributed by atoms with Gasteiger partial charge in [-0.05, 0) is 48.6 Å². The summed E-state index contributed by atoms with van der Waals surface area (Å²) in [5.41, 5.74) is 4.98. The van der Waals surface area contributed by atoms with Gasteiger partial charge in [-0.2, -0.15) is 0 Å². The van der Waals surface area contributed by atoms with E-state index in [1.54, 1.807) is 6.07 Å². The van der Waals surface area contributed by atoms with E-state index in [0.717, 1.165) is 40.7 Å². The zero-order chi connectivity index (χ0) is 13.7. The number of rotatable bonds is 5. The van der Waals surface area contributed by atoms with Gasteiger partial charge < -0.3 is 5.11 Å². The molecule has 0 aliphatic heterocycles. The van der Waals surface area contributed by atoms with E-state index < -0.39 is 0 Å². The van der Waals surface area contributed by atoms with E-state index in [2.05, 4.69) is 20.1 Å². The molecular weight excluding hydrogens is 220 g/mol. The van der Waals surface area contributed by atoms with Crippen molar-refractivity contribution < 1.29 is 5.11 Å². The second kappa shape index (κ2) is 6.25. The summed E-state index contributed by atoms with van der Waals surface area (Å²) < 4.78 is 0. The van der Waals surface area contributed by atoms with Crippen LogP contribution in [0.25, 0.3) is 17.2 Å². The van der Waals surface area contributed by atoms with Gasteiger partial charge in [-0.1, -0.05) is 44.7 Å². The molecule has 0 radical (unpaired) electrons. The van der Waals surface area contributed by atoms with Crippen LogP contribution in [0.2, 0.25) is 0 Å². The van der Waals surface area contributed by atoms with Crippen molar-refractivity contribution in [2.24, 2.45) is 0 Å². The first-order chi connectivity index (χ1) is 8.52. The molecule has 0 aliphatic rings. The molecule has 0 heterocycles. The molecule has 0 fully saturated rings. The van der Waals surface area contributed by atoms with E-state index in [9.17, 15) is 5.11 Å². The lowest BCUT2D eigenvalue weighted by Crippen LogP contribution is -1.95. The molecule has 1 aromatic carbocycles. The van der Waals surface area contributed by atoms with E-state index >= 15 is 0 Å². The third-order valence-corrected chi connectivity index (χ3v) is 2.92. The number of phenols is 1. The molecule has 1 N–H and O–H groups in total. The van der Waals surface area contributed by atoms with Crippen LogP contribution in [0, 0.1) is 0 Å². The van der Waals surface area contributed by atoms with Crippen molar-refractivity contribution in [3.8, 4) is 5.75 Å². The van der Waals surface area contributed by atoms with E-state index in [0.29, 0.717) is 5.75 Å². The summed E-state index contributed by atoms with van der Waals surface area (Å²) >= 11 is 0. The van der Waals surface area contributed by atoms with Crippen LogP contribution >= 0.6 is 0 Å². The Balaban J connectivity index is 3.48. The Morgan fingerprint density at radius 1 is 1.33 bits per heavy atom. The standard InChI is InChI=1S/C17H22O/c1-6-8-13(5)14-10-11-16(18)15(9-7-2)17(14)12(3)4/h7,9-11,18H,3,5-6,8H2,1-2,4H3/b9-7-. The maximum atomic E-state index is 9.99. The number of allylic oxidation sites excluding steroid dienone is 3. The average Bonchev–Trinajstić information content (AvgIpc) is 2.31. The lowest BCUT2D eigenvalue weighted by molar-refractivity contribution is 0.474. The molecule has 18 heavy (non-hydrogen) atoms. The molecular formula is C17H22O. The van der Waals surface area contributed by atoms with Crippen LogP contribution < -0.4 is 0 Å². The molecule has 0 saturated carbocycles. The van der Waals surface area contributed by atoms with Gasteiger partial charge in [-0.25, -0.2) is 0 Å². The number of hydrogen-bond acceptors (Lipinski definition) is 1. The lowest BCUT2D eigenvalue weighted by Gasteiger charge is -2.16. The fourth-order valence-corrected chi connectivity index (χ4v) is 2.13. The van der Waals surface area contributed by atoms with Crippen LogP contribution in [0.4, 0.5) is 0 Å². The summed E-state index contributed by atoms with van der Waals surface area (Å²) in [7, 11) is 0. The van der Waals surface area contributed by atoms with Gasteiger partial charge in [0, 0.05) is 5.56 Å². The largest absolute Gasteiger partial charge is 0.507 e. The molecule has 0 aromatic heterocycles. The van der Waals surface area contributed by atoms with Crippen molar-refractivity contribution in [2.75, 3.05) is 0 Å². The van der Waals surface area contributed by atoms with Crippen LogP contribution in [-0.4, -0.2) is 5.11 Å². The first-order valence-corrected chi connectivity index (χ1v) is 6.35. The monoisotopic (exact) mass is 242 g/mol. The third kappa shape index (κ3) is 2.92.